The van der Waals surface area contributed by atoms with Gasteiger partial charge in [0.05, 0.1) is 18.2 Å². The molecule has 6 heteroatoms. The largest absolute Gasteiger partial charge is 0.480 e. The number of nitriles is 1. The van der Waals surface area contributed by atoms with Gasteiger partial charge < -0.3 is 15.2 Å². The van der Waals surface area contributed by atoms with E-state index >= 15 is 0 Å². The molecule has 2 N–H and O–H groups in total. The first-order chi connectivity index (χ1) is 7.67. The summed E-state index contributed by atoms with van der Waals surface area (Å²) in [4.78, 5) is 14.7. The number of methoxy groups -OCH3 is 1. The van der Waals surface area contributed by atoms with Crippen LogP contribution in [0, 0.1) is 11.3 Å². The van der Waals surface area contributed by atoms with E-state index in [-0.39, 0.29) is 6.61 Å². The van der Waals surface area contributed by atoms with Crippen molar-refractivity contribution in [2.24, 2.45) is 0 Å². The molecule has 84 valence electrons. The Morgan fingerprint density at radius 3 is 3.12 bits per heavy atom. The van der Waals surface area contributed by atoms with Gasteiger partial charge in [-0.25, -0.2) is 9.78 Å². The first-order valence-corrected chi connectivity index (χ1v) is 4.52. The van der Waals surface area contributed by atoms with Gasteiger partial charge in [-0.3, -0.25) is 0 Å². The molecule has 0 aliphatic carbocycles. The molecule has 1 aromatic heterocycles. The number of carbonyl (C=O) groups is 1. The van der Waals surface area contributed by atoms with Gasteiger partial charge in [-0.05, 0) is 12.1 Å². The molecule has 0 fully saturated rings. The van der Waals surface area contributed by atoms with Crippen molar-refractivity contribution in [1.29, 1.82) is 5.26 Å². The highest BCUT2D eigenvalue weighted by Crippen LogP contribution is 2.07. The van der Waals surface area contributed by atoms with Gasteiger partial charge >= 0.3 is 5.97 Å². The molecule has 0 radical (unpaired) electrons. The maximum atomic E-state index is 10.8. The SMILES string of the molecule is COCC(Nc1cc(C#N)ccn1)C(=O)O. The van der Waals surface area contributed by atoms with Crippen LogP contribution in [0.4, 0.5) is 5.82 Å². The molecule has 0 aromatic carbocycles. The summed E-state index contributed by atoms with van der Waals surface area (Å²) >= 11 is 0. The van der Waals surface area contributed by atoms with Crippen molar-refractivity contribution >= 4 is 11.8 Å². The first-order valence-electron chi connectivity index (χ1n) is 4.52. The summed E-state index contributed by atoms with van der Waals surface area (Å²) < 4.78 is 4.76. The van der Waals surface area contributed by atoms with Crippen molar-refractivity contribution in [1.82, 2.24) is 4.98 Å². The van der Waals surface area contributed by atoms with Crippen LogP contribution in [-0.4, -0.2) is 35.8 Å². The van der Waals surface area contributed by atoms with Crippen molar-refractivity contribution in [2.75, 3.05) is 19.0 Å². The smallest absolute Gasteiger partial charge is 0.328 e. The highest BCUT2D eigenvalue weighted by atomic mass is 16.5. The minimum absolute atomic E-state index is 0.0216. The minimum atomic E-state index is -1.04. The fraction of sp³-hybridized carbons (Fsp3) is 0.300. The van der Waals surface area contributed by atoms with Gasteiger partial charge in [-0.2, -0.15) is 5.26 Å². The minimum Gasteiger partial charge on any atom is -0.480 e. The summed E-state index contributed by atoms with van der Waals surface area (Å²) in [5.41, 5.74) is 0.416. The van der Waals surface area contributed by atoms with E-state index in [1.54, 1.807) is 0 Å². The number of pyridine rings is 1. The zero-order chi connectivity index (χ0) is 12.0. The number of anilines is 1. The summed E-state index contributed by atoms with van der Waals surface area (Å²) in [6, 6.07) is 4.08. The van der Waals surface area contributed by atoms with E-state index in [9.17, 15) is 4.79 Å². The van der Waals surface area contributed by atoms with Crippen molar-refractivity contribution in [3.05, 3.63) is 23.9 Å². The molecule has 1 heterocycles. The number of nitrogens with zero attached hydrogens (tertiary/aromatic N) is 2. The van der Waals surface area contributed by atoms with Gasteiger partial charge in [0.1, 0.15) is 11.9 Å². The molecule has 1 rings (SSSR count). The number of rotatable bonds is 5. The van der Waals surface area contributed by atoms with Crippen LogP contribution < -0.4 is 5.32 Å². The third kappa shape index (κ3) is 3.22. The second-order valence-electron chi connectivity index (χ2n) is 3.03. The van der Waals surface area contributed by atoms with Crippen molar-refractivity contribution in [2.45, 2.75) is 6.04 Å². The van der Waals surface area contributed by atoms with E-state index in [1.165, 1.54) is 25.4 Å². The third-order valence-electron chi connectivity index (χ3n) is 1.84. The number of hydrogen-bond donors (Lipinski definition) is 2. The number of carboxylic acid groups (broad SMARTS) is 1. The predicted octanol–water partition coefficient (Wildman–Crippen LogP) is 0.465. The van der Waals surface area contributed by atoms with Crippen LogP contribution in [-0.2, 0) is 9.53 Å². The molecular weight excluding hydrogens is 210 g/mol. The van der Waals surface area contributed by atoms with Gasteiger partial charge in [-0.1, -0.05) is 0 Å². The summed E-state index contributed by atoms with van der Waals surface area (Å²) in [6.45, 7) is 0.0216. The van der Waals surface area contributed by atoms with Crippen molar-refractivity contribution in [3.8, 4) is 6.07 Å². The van der Waals surface area contributed by atoms with Crippen LogP contribution >= 0.6 is 0 Å². The molecule has 0 amide bonds. The Morgan fingerprint density at radius 1 is 1.81 bits per heavy atom. The molecule has 1 atom stereocenters. The lowest BCUT2D eigenvalue weighted by molar-refractivity contribution is -0.139. The van der Waals surface area contributed by atoms with Gasteiger partial charge in [-0.15, -0.1) is 0 Å². The Labute approximate surface area is 92.5 Å². The number of carboxylic acids is 1. The lowest BCUT2D eigenvalue weighted by atomic mass is 10.2. The van der Waals surface area contributed by atoms with Crippen molar-refractivity contribution < 1.29 is 14.6 Å². The molecule has 0 saturated heterocycles. The summed E-state index contributed by atoms with van der Waals surface area (Å²) in [5.74, 6) is -0.700. The van der Waals surface area contributed by atoms with Crippen LogP contribution in [0.3, 0.4) is 0 Å². The second kappa shape index (κ2) is 5.68. The van der Waals surface area contributed by atoms with Crippen LogP contribution in [0.25, 0.3) is 0 Å². The van der Waals surface area contributed by atoms with Gasteiger partial charge in [0, 0.05) is 13.3 Å². The molecule has 0 spiro atoms. The van der Waals surface area contributed by atoms with Gasteiger partial charge in [0.2, 0.25) is 0 Å². The molecule has 0 bridgehead atoms. The average Bonchev–Trinajstić information content (AvgIpc) is 2.28. The Kier molecular flexibility index (Phi) is 4.24. The molecule has 1 unspecified atom stereocenters. The monoisotopic (exact) mass is 221 g/mol. The van der Waals surface area contributed by atoms with Crippen LogP contribution in [0.1, 0.15) is 5.56 Å². The van der Waals surface area contributed by atoms with E-state index in [0.717, 1.165) is 0 Å². The van der Waals surface area contributed by atoms with E-state index < -0.39 is 12.0 Å². The normalized spacial score (nSPS) is 11.5. The summed E-state index contributed by atoms with van der Waals surface area (Å²) in [6.07, 6.45) is 1.44. The molecule has 0 saturated carbocycles. The molecular formula is C10H11N3O3. The molecule has 0 aliphatic heterocycles. The predicted molar refractivity (Wildman–Crippen MR) is 55.9 cm³/mol. The topological polar surface area (TPSA) is 95.2 Å². The number of ether oxygens (including phenoxy) is 1. The Hall–Kier alpha value is -2.13. The highest BCUT2D eigenvalue weighted by molar-refractivity contribution is 5.77. The van der Waals surface area contributed by atoms with E-state index in [4.69, 9.17) is 15.1 Å². The van der Waals surface area contributed by atoms with E-state index in [0.29, 0.717) is 11.4 Å². The fourth-order valence-electron chi connectivity index (χ4n) is 1.10. The molecule has 0 aliphatic rings. The first kappa shape index (κ1) is 11.9. The Balaban J connectivity index is 2.77. The second-order valence-corrected chi connectivity index (χ2v) is 3.03. The maximum absolute atomic E-state index is 10.8. The lowest BCUT2D eigenvalue weighted by Crippen LogP contribution is -2.33. The molecule has 1 aromatic rings. The number of nitrogens with one attached hydrogen (secondary N) is 1. The van der Waals surface area contributed by atoms with Crippen LogP contribution in [0.15, 0.2) is 18.3 Å². The summed E-state index contributed by atoms with van der Waals surface area (Å²) in [5, 5.41) is 20.2. The number of aliphatic carboxylic acids is 1. The zero-order valence-corrected chi connectivity index (χ0v) is 8.67. The van der Waals surface area contributed by atoms with Gasteiger partial charge in [0.25, 0.3) is 0 Å². The maximum Gasteiger partial charge on any atom is 0.328 e. The zero-order valence-electron chi connectivity index (χ0n) is 8.67. The number of aromatic nitrogens is 1. The summed E-state index contributed by atoms with van der Waals surface area (Å²) in [7, 11) is 1.41. The quantitative estimate of drug-likeness (QED) is 0.750. The fourth-order valence-corrected chi connectivity index (χ4v) is 1.10. The molecule has 6 nitrogen and oxygen atoms in total. The van der Waals surface area contributed by atoms with Crippen molar-refractivity contribution in [3.63, 3.8) is 0 Å². The Bertz CT molecular complexity index is 414. The molecule has 16 heavy (non-hydrogen) atoms. The number of hydrogen-bond acceptors (Lipinski definition) is 5. The average molecular weight is 221 g/mol. The lowest BCUT2D eigenvalue weighted by Gasteiger charge is -2.13. The standard InChI is InChI=1S/C10H11N3O3/c1-16-6-8(10(14)15)13-9-4-7(5-11)2-3-12-9/h2-4,8H,6H2,1H3,(H,12,13)(H,14,15). The van der Waals surface area contributed by atoms with E-state index in [2.05, 4.69) is 10.3 Å². The third-order valence-corrected chi connectivity index (χ3v) is 1.84. The van der Waals surface area contributed by atoms with Crippen LogP contribution in [0.2, 0.25) is 0 Å². The Morgan fingerprint density at radius 2 is 2.56 bits per heavy atom. The highest BCUT2D eigenvalue weighted by Gasteiger charge is 2.17. The van der Waals surface area contributed by atoms with E-state index in [1.807, 2.05) is 6.07 Å². The van der Waals surface area contributed by atoms with Gasteiger partial charge in [0.15, 0.2) is 0 Å². The van der Waals surface area contributed by atoms with Crippen LogP contribution in [0.5, 0.6) is 0 Å².